The zero-order valence-corrected chi connectivity index (χ0v) is 10.2. The van der Waals surface area contributed by atoms with Gasteiger partial charge in [-0.2, -0.15) is 0 Å². The maximum absolute atomic E-state index is 11.5. The van der Waals surface area contributed by atoms with E-state index in [0.717, 1.165) is 6.42 Å². The summed E-state index contributed by atoms with van der Waals surface area (Å²) in [4.78, 5) is 11.5. The Labute approximate surface area is 88.0 Å². The number of ether oxygens (including phenoxy) is 1. The highest BCUT2D eigenvalue weighted by atomic mass is 16.5. The van der Waals surface area contributed by atoms with Gasteiger partial charge in [0.15, 0.2) is 0 Å². The highest BCUT2D eigenvalue weighted by Crippen LogP contribution is 2.33. The smallest absolute Gasteiger partial charge is 0.309 e. The van der Waals surface area contributed by atoms with Crippen molar-refractivity contribution in [1.82, 2.24) is 0 Å². The standard InChI is InChI=1S/C12H24O2/c1-6-8-9-12(4,5)10(3)11(13)14-7-2/h10H,6-9H2,1-5H3. The summed E-state index contributed by atoms with van der Waals surface area (Å²) in [5.74, 6) is -0.0670. The van der Waals surface area contributed by atoms with Gasteiger partial charge in [0.25, 0.3) is 0 Å². The third kappa shape index (κ3) is 4.12. The molecule has 0 aliphatic heterocycles. The van der Waals surface area contributed by atoms with Crippen LogP contribution in [0.5, 0.6) is 0 Å². The molecule has 1 unspecified atom stereocenters. The average Bonchev–Trinajstić information content (AvgIpc) is 2.14. The van der Waals surface area contributed by atoms with Crippen molar-refractivity contribution >= 4 is 5.97 Å². The van der Waals surface area contributed by atoms with E-state index in [2.05, 4.69) is 20.8 Å². The lowest BCUT2D eigenvalue weighted by molar-refractivity contribution is -0.151. The molecule has 0 N–H and O–H groups in total. The third-order valence-electron chi connectivity index (χ3n) is 2.99. The number of hydrogen-bond donors (Lipinski definition) is 0. The maximum atomic E-state index is 11.5. The normalized spacial score (nSPS) is 13.8. The minimum absolute atomic E-state index is 0.00556. The van der Waals surface area contributed by atoms with Crippen molar-refractivity contribution in [3.05, 3.63) is 0 Å². The Morgan fingerprint density at radius 1 is 1.36 bits per heavy atom. The Bertz CT molecular complexity index is 173. The summed E-state index contributed by atoms with van der Waals surface area (Å²) in [6, 6.07) is 0. The van der Waals surface area contributed by atoms with E-state index in [1.165, 1.54) is 12.8 Å². The predicted octanol–water partition coefficient (Wildman–Crippen LogP) is 3.40. The SMILES string of the molecule is CCCCC(C)(C)C(C)C(=O)OCC. The molecule has 0 fully saturated rings. The van der Waals surface area contributed by atoms with E-state index >= 15 is 0 Å². The van der Waals surface area contributed by atoms with E-state index < -0.39 is 0 Å². The summed E-state index contributed by atoms with van der Waals surface area (Å²) < 4.78 is 5.03. The molecule has 1 atom stereocenters. The van der Waals surface area contributed by atoms with Crippen LogP contribution in [0.25, 0.3) is 0 Å². The van der Waals surface area contributed by atoms with E-state index in [4.69, 9.17) is 4.74 Å². The largest absolute Gasteiger partial charge is 0.466 e. The Hall–Kier alpha value is -0.530. The first-order valence-corrected chi connectivity index (χ1v) is 5.62. The fourth-order valence-electron chi connectivity index (χ4n) is 1.44. The molecule has 0 saturated carbocycles. The first-order valence-electron chi connectivity index (χ1n) is 5.62. The minimum Gasteiger partial charge on any atom is -0.466 e. The molecule has 84 valence electrons. The molecular formula is C12H24O2. The quantitative estimate of drug-likeness (QED) is 0.614. The first kappa shape index (κ1) is 13.5. The van der Waals surface area contributed by atoms with Gasteiger partial charge in [-0.05, 0) is 18.8 Å². The molecule has 14 heavy (non-hydrogen) atoms. The minimum atomic E-state index is -0.0615. The molecule has 0 amide bonds. The first-order chi connectivity index (χ1) is 6.45. The van der Waals surface area contributed by atoms with Crippen LogP contribution in [0, 0.1) is 11.3 Å². The summed E-state index contributed by atoms with van der Waals surface area (Å²) in [5, 5.41) is 0. The summed E-state index contributed by atoms with van der Waals surface area (Å²) >= 11 is 0. The Balaban J connectivity index is 4.18. The van der Waals surface area contributed by atoms with Gasteiger partial charge in [-0.3, -0.25) is 4.79 Å². The number of hydrogen-bond acceptors (Lipinski definition) is 2. The lowest BCUT2D eigenvalue weighted by Gasteiger charge is -2.30. The molecule has 2 nitrogen and oxygen atoms in total. The van der Waals surface area contributed by atoms with Gasteiger partial charge in [0.05, 0.1) is 12.5 Å². The molecular weight excluding hydrogens is 176 g/mol. The number of carbonyl (C=O) groups is 1. The van der Waals surface area contributed by atoms with Gasteiger partial charge >= 0.3 is 5.97 Å². The molecule has 0 aliphatic rings. The van der Waals surface area contributed by atoms with Crippen LogP contribution < -0.4 is 0 Å². The van der Waals surface area contributed by atoms with Crippen LogP contribution in [-0.2, 0) is 9.53 Å². The zero-order chi connectivity index (χ0) is 11.2. The Morgan fingerprint density at radius 3 is 2.36 bits per heavy atom. The second-order valence-corrected chi connectivity index (χ2v) is 4.57. The van der Waals surface area contributed by atoms with Crippen LogP contribution in [0.3, 0.4) is 0 Å². The fraction of sp³-hybridized carbons (Fsp3) is 0.917. The van der Waals surface area contributed by atoms with Crippen molar-refractivity contribution in [2.75, 3.05) is 6.61 Å². The van der Waals surface area contributed by atoms with Crippen molar-refractivity contribution in [2.45, 2.75) is 53.9 Å². The van der Waals surface area contributed by atoms with Crippen LogP contribution >= 0.6 is 0 Å². The van der Waals surface area contributed by atoms with E-state index in [9.17, 15) is 4.79 Å². The molecule has 0 rings (SSSR count). The summed E-state index contributed by atoms with van der Waals surface area (Å²) in [6.45, 7) is 10.8. The molecule has 0 spiro atoms. The van der Waals surface area contributed by atoms with E-state index in [1.807, 2.05) is 13.8 Å². The fourth-order valence-corrected chi connectivity index (χ4v) is 1.44. The van der Waals surface area contributed by atoms with Gasteiger partial charge in [-0.15, -0.1) is 0 Å². The summed E-state index contributed by atoms with van der Waals surface area (Å²) in [5.41, 5.74) is 0.0578. The summed E-state index contributed by atoms with van der Waals surface area (Å²) in [6.07, 6.45) is 3.44. The van der Waals surface area contributed by atoms with E-state index in [-0.39, 0.29) is 17.3 Å². The van der Waals surface area contributed by atoms with Crippen LogP contribution in [0.15, 0.2) is 0 Å². The molecule has 0 aromatic rings. The van der Waals surface area contributed by atoms with Crippen molar-refractivity contribution in [3.63, 3.8) is 0 Å². The number of carbonyl (C=O) groups excluding carboxylic acids is 1. The highest BCUT2D eigenvalue weighted by Gasteiger charge is 2.31. The second kappa shape index (κ2) is 6.05. The lowest BCUT2D eigenvalue weighted by Crippen LogP contribution is -2.30. The van der Waals surface area contributed by atoms with E-state index in [0.29, 0.717) is 6.61 Å². The van der Waals surface area contributed by atoms with Crippen LogP contribution in [0.1, 0.15) is 53.9 Å². The van der Waals surface area contributed by atoms with Crippen LogP contribution in [0.2, 0.25) is 0 Å². The van der Waals surface area contributed by atoms with Gasteiger partial charge in [-0.25, -0.2) is 0 Å². The lowest BCUT2D eigenvalue weighted by atomic mass is 9.76. The highest BCUT2D eigenvalue weighted by molar-refractivity contribution is 5.72. The zero-order valence-electron chi connectivity index (χ0n) is 10.2. The topological polar surface area (TPSA) is 26.3 Å². The van der Waals surface area contributed by atoms with Gasteiger partial charge in [0, 0.05) is 0 Å². The molecule has 0 saturated heterocycles. The van der Waals surface area contributed by atoms with Gasteiger partial charge < -0.3 is 4.74 Å². The van der Waals surface area contributed by atoms with Crippen molar-refractivity contribution in [3.8, 4) is 0 Å². The van der Waals surface area contributed by atoms with Gasteiger partial charge in [-0.1, -0.05) is 40.5 Å². The number of unbranched alkanes of at least 4 members (excludes halogenated alkanes) is 1. The van der Waals surface area contributed by atoms with Crippen LogP contribution in [-0.4, -0.2) is 12.6 Å². The van der Waals surface area contributed by atoms with Crippen molar-refractivity contribution < 1.29 is 9.53 Å². The molecule has 0 aromatic heterocycles. The number of esters is 1. The number of rotatable bonds is 6. The molecule has 0 radical (unpaired) electrons. The molecule has 2 heteroatoms. The Morgan fingerprint density at radius 2 is 1.93 bits per heavy atom. The average molecular weight is 200 g/mol. The van der Waals surface area contributed by atoms with Crippen molar-refractivity contribution in [2.24, 2.45) is 11.3 Å². The van der Waals surface area contributed by atoms with Gasteiger partial charge in [0.1, 0.15) is 0 Å². The third-order valence-corrected chi connectivity index (χ3v) is 2.99. The Kier molecular flexibility index (Phi) is 5.82. The van der Waals surface area contributed by atoms with Crippen LogP contribution in [0.4, 0.5) is 0 Å². The van der Waals surface area contributed by atoms with E-state index in [1.54, 1.807) is 0 Å². The summed E-state index contributed by atoms with van der Waals surface area (Å²) in [7, 11) is 0. The predicted molar refractivity (Wildman–Crippen MR) is 59.1 cm³/mol. The second-order valence-electron chi connectivity index (χ2n) is 4.57. The molecule has 0 heterocycles. The van der Waals surface area contributed by atoms with Gasteiger partial charge in [0.2, 0.25) is 0 Å². The molecule has 0 aliphatic carbocycles. The van der Waals surface area contributed by atoms with Crippen molar-refractivity contribution in [1.29, 1.82) is 0 Å². The molecule has 0 bridgehead atoms. The molecule has 0 aromatic carbocycles. The maximum Gasteiger partial charge on any atom is 0.309 e. The monoisotopic (exact) mass is 200 g/mol.